The second-order valence-electron chi connectivity index (χ2n) is 7.74. The normalized spacial score (nSPS) is 15.9. The van der Waals surface area contributed by atoms with E-state index in [1.165, 1.54) is 0 Å². The van der Waals surface area contributed by atoms with Gasteiger partial charge in [0.1, 0.15) is 12.2 Å². The van der Waals surface area contributed by atoms with E-state index >= 15 is 0 Å². The van der Waals surface area contributed by atoms with Crippen molar-refractivity contribution in [1.29, 1.82) is 0 Å². The summed E-state index contributed by atoms with van der Waals surface area (Å²) in [5.74, 6) is 0.989. The van der Waals surface area contributed by atoms with E-state index in [0.717, 1.165) is 24.1 Å². The third-order valence-corrected chi connectivity index (χ3v) is 4.50. The van der Waals surface area contributed by atoms with Gasteiger partial charge in [-0.1, -0.05) is 0 Å². The maximum absolute atomic E-state index is 12.2. The highest BCUT2D eigenvalue weighted by molar-refractivity contribution is 5.68. The van der Waals surface area contributed by atoms with Gasteiger partial charge in [0, 0.05) is 25.8 Å². The molecule has 0 atom stereocenters. The smallest absolute Gasteiger partial charge is 0.410 e. The molecule has 0 radical (unpaired) electrons. The average Bonchev–Trinajstić information content (AvgIpc) is 3.04. The SMILES string of the molecule is COCCOc1cnc2c(C3CCN(C(=O)OC(C)(C)C)CC3)cnn2c1. The third kappa shape index (κ3) is 4.88. The molecule has 0 bridgehead atoms. The molecule has 1 aliphatic rings. The summed E-state index contributed by atoms with van der Waals surface area (Å²) in [6.07, 6.45) is 6.91. The van der Waals surface area contributed by atoms with Crippen LogP contribution in [0.25, 0.3) is 5.65 Å². The molecule has 1 amide bonds. The van der Waals surface area contributed by atoms with Gasteiger partial charge in [-0.25, -0.2) is 14.3 Å². The predicted octanol–water partition coefficient (Wildman–Crippen LogP) is 2.87. The Morgan fingerprint density at radius 1 is 1.22 bits per heavy atom. The molecule has 8 nitrogen and oxygen atoms in total. The Labute approximate surface area is 159 Å². The average molecular weight is 376 g/mol. The van der Waals surface area contributed by atoms with E-state index in [1.807, 2.05) is 33.2 Å². The summed E-state index contributed by atoms with van der Waals surface area (Å²) in [4.78, 5) is 18.5. The number of methoxy groups -OCH3 is 1. The fourth-order valence-corrected chi connectivity index (χ4v) is 3.18. The van der Waals surface area contributed by atoms with Crippen LogP contribution >= 0.6 is 0 Å². The minimum absolute atomic E-state index is 0.239. The molecule has 1 fully saturated rings. The Morgan fingerprint density at radius 3 is 2.63 bits per heavy atom. The first-order valence-corrected chi connectivity index (χ1v) is 9.30. The van der Waals surface area contributed by atoms with Gasteiger partial charge in [-0.3, -0.25) is 0 Å². The maximum atomic E-state index is 12.2. The quantitative estimate of drug-likeness (QED) is 0.747. The molecule has 3 rings (SSSR count). The second-order valence-corrected chi connectivity index (χ2v) is 7.74. The lowest BCUT2D eigenvalue weighted by Gasteiger charge is -2.33. The van der Waals surface area contributed by atoms with Crippen molar-refractivity contribution in [1.82, 2.24) is 19.5 Å². The number of piperidine rings is 1. The number of carbonyl (C=O) groups excluding carboxylic acids is 1. The Kier molecular flexibility index (Phi) is 5.84. The van der Waals surface area contributed by atoms with Crippen molar-refractivity contribution < 1.29 is 19.0 Å². The van der Waals surface area contributed by atoms with E-state index in [9.17, 15) is 4.79 Å². The summed E-state index contributed by atoms with van der Waals surface area (Å²) in [6, 6.07) is 0. The fraction of sp³-hybridized carbons (Fsp3) is 0.632. The molecule has 0 N–H and O–H groups in total. The number of carbonyl (C=O) groups is 1. The number of aromatic nitrogens is 3. The highest BCUT2D eigenvalue weighted by atomic mass is 16.6. The van der Waals surface area contributed by atoms with E-state index in [2.05, 4.69) is 10.1 Å². The van der Waals surface area contributed by atoms with E-state index in [-0.39, 0.29) is 6.09 Å². The number of rotatable bonds is 5. The molecule has 0 saturated carbocycles. The molecule has 3 heterocycles. The highest BCUT2D eigenvalue weighted by Crippen LogP contribution is 2.31. The molecule has 2 aromatic rings. The summed E-state index contributed by atoms with van der Waals surface area (Å²) in [5, 5.41) is 4.42. The van der Waals surface area contributed by atoms with Gasteiger partial charge in [0.05, 0.1) is 25.2 Å². The highest BCUT2D eigenvalue weighted by Gasteiger charge is 2.29. The summed E-state index contributed by atoms with van der Waals surface area (Å²) >= 11 is 0. The van der Waals surface area contributed by atoms with Gasteiger partial charge < -0.3 is 19.1 Å². The van der Waals surface area contributed by atoms with E-state index in [4.69, 9.17) is 14.2 Å². The van der Waals surface area contributed by atoms with Crippen molar-refractivity contribution in [3.8, 4) is 5.75 Å². The van der Waals surface area contributed by atoms with Crippen LogP contribution in [0.3, 0.4) is 0 Å². The molecule has 2 aromatic heterocycles. The van der Waals surface area contributed by atoms with Gasteiger partial charge in [-0.2, -0.15) is 5.10 Å². The largest absolute Gasteiger partial charge is 0.488 e. The van der Waals surface area contributed by atoms with Gasteiger partial charge in [-0.15, -0.1) is 0 Å². The van der Waals surface area contributed by atoms with Crippen LogP contribution in [-0.4, -0.2) is 64.6 Å². The third-order valence-electron chi connectivity index (χ3n) is 4.50. The van der Waals surface area contributed by atoms with Gasteiger partial charge in [0.25, 0.3) is 0 Å². The minimum Gasteiger partial charge on any atom is -0.488 e. The lowest BCUT2D eigenvalue weighted by atomic mass is 9.91. The van der Waals surface area contributed by atoms with Crippen LogP contribution in [-0.2, 0) is 9.47 Å². The molecule has 0 aromatic carbocycles. The molecule has 0 spiro atoms. The van der Waals surface area contributed by atoms with Crippen LogP contribution < -0.4 is 4.74 Å². The minimum atomic E-state index is -0.469. The number of fused-ring (bicyclic) bond motifs is 1. The van der Waals surface area contributed by atoms with Crippen molar-refractivity contribution in [2.45, 2.75) is 45.1 Å². The van der Waals surface area contributed by atoms with Crippen LogP contribution in [0.15, 0.2) is 18.6 Å². The number of hydrogen-bond acceptors (Lipinski definition) is 6. The number of hydrogen-bond donors (Lipinski definition) is 0. The topological polar surface area (TPSA) is 78.2 Å². The number of ether oxygens (including phenoxy) is 3. The van der Waals surface area contributed by atoms with Gasteiger partial charge >= 0.3 is 6.09 Å². The van der Waals surface area contributed by atoms with Crippen LogP contribution in [0.1, 0.15) is 45.1 Å². The lowest BCUT2D eigenvalue weighted by Crippen LogP contribution is -2.41. The van der Waals surface area contributed by atoms with Crippen LogP contribution in [0.2, 0.25) is 0 Å². The molecule has 27 heavy (non-hydrogen) atoms. The van der Waals surface area contributed by atoms with Crippen LogP contribution in [0, 0.1) is 0 Å². The standard InChI is InChI=1S/C19H28N4O4/c1-19(2,3)27-18(24)22-7-5-14(6-8-22)16-12-21-23-13-15(11-20-17(16)23)26-10-9-25-4/h11-14H,5-10H2,1-4H3. The first-order chi connectivity index (χ1) is 12.9. The van der Waals surface area contributed by atoms with E-state index in [1.54, 1.807) is 22.7 Å². The molecular weight excluding hydrogens is 348 g/mol. The Balaban J connectivity index is 1.62. The number of nitrogens with zero attached hydrogens (tertiary/aromatic N) is 4. The number of likely N-dealkylation sites (tertiary alicyclic amines) is 1. The zero-order valence-corrected chi connectivity index (χ0v) is 16.5. The molecule has 0 unspecified atom stereocenters. The summed E-state index contributed by atoms with van der Waals surface area (Å²) in [7, 11) is 1.64. The molecule has 1 aliphatic heterocycles. The zero-order valence-electron chi connectivity index (χ0n) is 16.5. The first-order valence-electron chi connectivity index (χ1n) is 9.30. The van der Waals surface area contributed by atoms with Crippen molar-refractivity contribution >= 4 is 11.7 Å². The predicted molar refractivity (Wildman–Crippen MR) is 100 cm³/mol. The van der Waals surface area contributed by atoms with Crippen LogP contribution in [0.5, 0.6) is 5.75 Å². The van der Waals surface area contributed by atoms with Crippen molar-refractivity contribution in [2.24, 2.45) is 0 Å². The van der Waals surface area contributed by atoms with Crippen molar-refractivity contribution in [2.75, 3.05) is 33.4 Å². The van der Waals surface area contributed by atoms with Gasteiger partial charge in [0.2, 0.25) is 0 Å². The van der Waals surface area contributed by atoms with Crippen LogP contribution in [0.4, 0.5) is 4.79 Å². The Hall–Kier alpha value is -2.35. The summed E-state index contributed by atoms with van der Waals surface area (Å²) in [6.45, 7) is 8.00. The lowest BCUT2D eigenvalue weighted by molar-refractivity contribution is 0.0205. The molecule has 1 saturated heterocycles. The molecule has 8 heteroatoms. The first kappa shape index (κ1) is 19.4. The monoisotopic (exact) mass is 376 g/mol. The molecular formula is C19H28N4O4. The molecule has 0 aliphatic carbocycles. The zero-order chi connectivity index (χ0) is 19.4. The van der Waals surface area contributed by atoms with Crippen molar-refractivity contribution in [3.63, 3.8) is 0 Å². The van der Waals surface area contributed by atoms with E-state index in [0.29, 0.717) is 38.0 Å². The van der Waals surface area contributed by atoms with Crippen molar-refractivity contribution in [3.05, 3.63) is 24.2 Å². The van der Waals surface area contributed by atoms with Gasteiger partial charge in [0.15, 0.2) is 11.4 Å². The number of amides is 1. The maximum Gasteiger partial charge on any atom is 0.410 e. The molecule has 148 valence electrons. The summed E-state index contributed by atoms with van der Waals surface area (Å²) in [5.41, 5.74) is 1.48. The summed E-state index contributed by atoms with van der Waals surface area (Å²) < 4.78 is 17.8. The Bertz CT molecular complexity index is 776. The Morgan fingerprint density at radius 2 is 1.96 bits per heavy atom. The van der Waals surface area contributed by atoms with E-state index < -0.39 is 5.60 Å². The fourth-order valence-electron chi connectivity index (χ4n) is 3.18. The van der Waals surface area contributed by atoms with Gasteiger partial charge in [-0.05, 0) is 39.5 Å². The second kappa shape index (κ2) is 8.12.